The Labute approximate surface area is 311 Å². The van der Waals surface area contributed by atoms with E-state index < -0.39 is 99.2 Å². The molecule has 0 radical (unpaired) electrons. The summed E-state index contributed by atoms with van der Waals surface area (Å²) in [7, 11) is -22.8. The van der Waals surface area contributed by atoms with Gasteiger partial charge in [0, 0.05) is 30.8 Å². The fourth-order valence-electron chi connectivity index (χ4n) is 5.91. The predicted octanol–water partition coefficient (Wildman–Crippen LogP) is 4.14. The number of imidazole rings is 1. The molecule has 25 heteroatoms. The lowest BCUT2D eigenvalue weighted by Crippen LogP contribution is -2.35. The van der Waals surface area contributed by atoms with Crippen LogP contribution < -0.4 is 5.69 Å². The minimum Gasteiger partial charge on any atom is -0.481 e. The number of aryl methyl sites for hydroxylation is 1. The Bertz CT molecular complexity index is 2300. The van der Waals surface area contributed by atoms with E-state index in [4.69, 9.17) is 23.8 Å². The van der Waals surface area contributed by atoms with Gasteiger partial charge < -0.3 is 38.9 Å². The van der Waals surface area contributed by atoms with E-state index in [1.165, 1.54) is 15.2 Å². The Balaban J connectivity index is 1.18. The average Bonchev–Trinajstić information content (AvgIpc) is 3.77. The Kier molecular flexibility index (Phi) is 12.3. The molecule has 2 aliphatic heterocycles. The van der Waals surface area contributed by atoms with Gasteiger partial charge in [0.2, 0.25) is 0 Å². The minimum absolute atomic E-state index is 0.264. The number of phosphoric acid groups is 3. The Morgan fingerprint density at radius 3 is 2.27 bits per heavy atom. The first-order chi connectivity index (χ1) is 25.8. The van der Waals surface area contributed by atoms with Crippen LogP contribution >= 0.6 is 31.1 Å². The van der Waals surface area contributed by atoms with Crippen LogP contribution in [0.4, 0.5) is 0 Å². The first-order valence-corrected chi connectivity index (χ1v) is 22.5. The van der Waals surface area contributed by atoms with Gasteiger partial charge in [0.15, 0.2) is 12.5 Å². The monoisotopic (exact) mass is 849 g/mol. The fraction of sp³-hybridized carbons (Fsp3) is 0.367. The summed E-state index contributed by atoms with van der Waals surface area (Å²) in [5.74, 6) is -1.35. The zero-order valence-electron chi connectivity index (χ0n) is 28.5. The van der Waals surface area contributed by atoms with Crippen LogP contribution in [0.15, 0.2) is 77.9 Å². The topological polar surface area (TPSA) is 290 Å². The molecule has 2 fully saturated rings. The summed E-state index contributed by atoms with van der Waals surface area (Å²) < 4.78 is 87.3. The lowest BCUT2D eigenvalue weighted by Gasteiger charge is -2.23. The van der Waals surface area contributed by atoms with E-state index in [-0.39, 0.29) is 6.42 Å². The summed E-state index contributed by atoms with van der Waals surface area (Å²) in [6, 6.07) is 18.2. The SMILES string of the molecule is Cc1cccc(-c2cn3c(=O)n([C@@H]4O[C@H](COP(=O)(O)OP(=O)(O)OP(=O)(O)OP(=O)(O)CCCC(=O)O)C5OC(Cc6ccccc6)OC54)ccc3n2)c1. The highest BCUT2D eigenvalue weighted by Gasteiger charge is 2.55. The van der Waals surface area contributed by atoms with E-state index in [2.05, 4.69) is 17.9 Å². The Hall–Kier alpha value is -3.19. The molecule has 7 unspecified atom stereocenters. The number of aromatic nitrogens is 3. The summed E-state index contributed by atoms with van der Waals surface area (Å²) in [5, 5.41) is 8.65. The first kappa shape index (κ1) is 41.4. The van der Waals surface area contributed by atoms with Crippen molar-refractivity contribution in [3.8, 4) is 11.3 Å². The van der Waals surface area contributed by atoms with Crippen molar-refractivity contribution in [2.75, 3.05) is 12.8 Å². The molecule has 2 aromatic carbocycles. The van der Waals surface area contributed by atoms with E-state index in [1.54, 1.807) is 12.3 Å². The molecule has 2 aromatic heterocycles. The molecule has 55 heavy (non-hydrogen) atoms. The molecular weight excluding hydrogens is 814 g/mol. The summed E-state index contributed by atoms with van der Waals surface area (Å²) >= 11 is 0. The molecular formula is C30H35N3O18P4. The van der Waals surface area contributed by atoms with Gasteiger partial charge in [-0.3, -0.25) is 22.9 Å². The second kappa shape index (κ2) is 16.3. The summed E-state index contributed by atoms with van der Waals surface area (Å²) in [5.41, 5.74) is 2.90. The van der Waals surface area contributed by atoms with Crippen LogP contribution in [0.25, 0.3) is 16.9 Å². The van der Waals surface area contributed by atoms with Gasteiger partial charge in [0.1, 0.15) is 24.0 Å². The van der Waals surface area contributed by atoms with Gasteiger partial charge in [-0.05, 0) is 31.0 Å². The van der Waals surface area contributed by atoms with Crippen molar-refractivity contribution in [3.63, 3.8) is 0 Å². The third kappa shape index (κ3) is 10.6. The highest BCUT2D eigenvalue weighted by atomic mass is 31.3. The van der Waals surface area contributed by atoms with Gasteiger partial charge in [0.05, 0.1) is 18.5 Å². The number of carboxylic acid groups (broad SMARTS) is 1. The highest BCUT2D eigenvalue weighted by molar-refractivity contribution is 7.70. The number of nitrogens with zero attached hydrogens (tertiary/aromatic N) is 3. The molecule has 298 valence electrons. The van der Waals surface area contributed by atoms with E-state index in [9.17, 15) is 47.4 Å². The van der Waals surface area contributed by atoms with Crippen molar-refractivity contribution in [3.05, 3.63) is 94.7 Å². The van der Waals surface area contributed by atoms with Gasteiger partial charge in [-0.2, -0.15) is 8.62 Å². The molecule has 2 aliphatic rings. The quantitative estimate of drug-likeness (QED) is 0.0933. The van der Waals surface area contributed by atoms with Crippen molar-refractivity contribution in [2.24, 2.45) is 0 Å². The number of fused-ring (bicyclic) bond motifs is 2. The molecule has 0 bridgehead atoms. The Morgan fingerprint density at radius 2 is 1.56 bits per heavy atom. The number of aliphatic carboxylic acids is 1. The molecule has 0 aliphatic carbocycles. The largest absolute Gasteiger partial charge is 0.490 e. The van der Waals surface area contributed by atoms with Gasteiger partial charge in [0.25, 0.3) is 0 Å². The zero-order chi connectivity index (χ0) is 39.8. The molecule has 0 amide bonds. The number of rotatable bonds is 17. The van der Waals surface area contributed by atoms with E-state index >= 15 is 0 Å². The molecule has 6 rings (SSSR count). The highest BCUT2D eigenvalue weighted by Crippen LogP contribution is 2.71. The predicted molar refractivity (Wildman–Crippen MR) is 187 cm³/mol. The molecule has 4 aromatic rings. The van der Waals surface area contributed by atoms with Crippen LogP contribution in [0, 0.1) is 6.92 Å². The maximum absolute atomic E-state index is 13.8. The van der Waals surface area contributed by atoms with Crippen molar-refractivity contribution in [2.45, 2.75) is 57.0 Å². The summed E-state index contributed by atoms with van der Waals surface area (Å²) in [6.07, 6.45) is -4.20. The lowest BCUT2D eigenvalue weighted by molar-refractivity contribution is -0.150. The van der Waals surface area contributed by atoms with Gasteiger partial charge >= 0.3 is 42.7 Å². The second-order valence-electron chi connectivity index (χ2n) is 12.4. The van der Waals surface area contributed by atoms with E-state index in [0.29, 0.717) is 11.3 Å². The summed E-state index contributed by atoms with van der Waals surface area (Å²) in [6.45, 7) is 1.03. The number of phosphoric ester groups is 1. The van der Waals surface area contributed by atoms with Crippen LogP contribution in [0.2, 0.25) is 0 Å². The third-order valence-electron chi connectivity index (χ3n) is 8.16. The van der Waals surface area contributed by atoms with Crippen molar-refractivity contribution in [1.82, 2.24) is 14.0 Å². The van der Waals surface area contributed by atoms with Crippen LogP contribution in [0.3, 0.4) is 0 Å². The van der Waals surface area contributed by atoms with E-state index in [1.807, 2.05) is 61.5 Å². The maximum Gasteiger partial charge on any atom is 0.490 e. The van der Waals surface area contributed by atoms with Crippen molar-refractivity contribution >= 4 is 42.7 Å². The minimum atomic E-state index is -6.06. The average molecular weight is 850 g/mol. The van der Waals surface area contributed by atoms with Gasteiger partial charge in [-0.1, -0.05) is 54.1 Å². The smallest absolute Gasteiger partial charge is 0.481 e. The third-order valence-corrected chi connectivity index (χ3v) is 14.7. The Morgan fingerprint density at radius 1 is 0.873 bits per heavy atom. The van der Waals surface area contributed by atoms with Crippen LogP contribution in [0.1, 0.15) is 30.2 Å². The van der Waals surface area contributed by atoms with Gasteiger partial charge in [-0.25, -0.2) is 27.8 Å². The number of hydrogen-bond acceptors (Lipinski definition) is 14. The van der Waals surface area contributed by atoms with E-state index in [0.717, 1.165) is 16.7 Å². The zero-order valence-corrected chi connectivity index (χ0v) is 32.1. The molecule has 4 heterocycles. The fourth-order valence-corrected chi connectivity index (χ4v) is 11.5. The van der Waals surface area contributed by atoms with Crippen molar-refractivity contribution in [1.29, 1.82) is 0 Å². The molecule has 21 nitrogen and oxygen atoms in total. The number of hydrogen-bond donors (Lipinski definition) is 5. The van der Waals surface area contributed by atoms with Gasteiger partial charge in [-0.15, -0.1) is 0 Å². The van der Waals surface area contributed by atoms with Crippen LogP contribution in [-0.4, -0.2) is 82.0 Å². The van der Waals surface area contributed by atoms with Crippen LogP contribution in [0.5, 0.6) is 0 Å². The van der Waals surface area contributed by atoms with Crippen molar-refractivity contribution < 1.29 is 79.4 Å². The number of carbonyl (C=O) groups is 1. The summed E-state index contributed by atoms with van der Waals surface area (Å²) in [4.78, 5) is 68.8. The molecule has 5 N–H and O–H groups in total. The molecule has 0 spiro atoms. The van der Waals surface area contributed by atoms with Crippen LogP contribution in [-0.2, 0) is 61.1 Å². The standard InChI is InChI=1S/C30H35N3O18P4/c1-19-7-5-10-21(15-19)22-17-33-24(31-22)12-13-32(30(33)36)29-28-27(47-26(48-28)16-20-8-3-2-4-9-20)23(46-29)18-45-53(39,40)50-55(43,44)51-54(41,42)49-52(37,38)14-6-11-25(34)35/h2-5,7-10,12-13,15,17,23,26-29H,6,11,14,16,18H2,1H3,(H,34,35)(H,37,38)(H,39,40)(H,41,42)(H,43,44)/t23-,26?,27?,28?,29-/m1/s1. The first-order valence-electron chi connectivity index (χ1n) is 16.3. The normalized spacial score (nSPS) is 25.4. The molecule has 2 saturated heterocycles. The number of ether oxygens (including phenoxy) is 3. The number of carboxylic acids is 1. The number of benzene rings is 2. The second-order valence-corrected chi connectivity index (χ2v) is 19.2. The lowest BCUT2D eigenvalue weighted by atomic mass is 10.1. The molecule has 0 saturated carbocycles. The molecule has 9 atom stereocenters. The maximum atomic E-state index is 13.8.